The molecular weight excluding hydrogens is 270 g/mol. The Hall–Kier alpha value is -0.870. The zero-order chi connectivity index (χ0) is 14.3. The fourth-order valence-electron chi connectivity index (χ4n) is 3.62. The predicted octanol–water partition coefficient (Wildman–Crippen LogP) is 2.40. The van der Waals surface area contributed by atoms with Crippen LogP contribution >= 0.6 is 0 Å². The molecule has 0 bridgehead atoms. The Kier molecular flexibility index (Phi) is 3.63. The summed E-state index contributed by atoms with van der Waals surface area (Å²) < 4.78 is 23.8. The molecule has 4 heteroatoms. The molecule has 3 atom stereocenters. The Balaban J connectivity index is 1.74. The molecular formula is C16H23NO2S. The summed E-state index contributed by atoms with van der Waals surface area (Å²) in [5.41, 5.74) is 4.06. The summed E-state index contributed by atoms with van der Waals surface area (Å²) in [5.74, 6) is 0.908. The van der Waals surface area contributed by atoms with Crippen LogP contribution in [0.15, 0.2) is 18.2 Å². The Bertz CT molecular complexity index is 609. The summed E-state index contributed by atoms with van der Waals surface area (Å²) in [5, 5.41) is 3.36. The first-order chi connectivity index (χ1) is 9.47. The number of aryl methyl sites for hydroxylation is 1. The van der Waals surface area contributed by atoms with Gasteiger partial charge in [0.05, 0.1) is 11.0 Å². The molecule has 0 radical (unpaired) electrons. The minimum absolute atomic E-state index is 0.177. The molecule has 0 spiro atoms. The van der Waals surface area contributed by atoms with Crippen molar-refractivity contribution < 1.29 is 8.42 Å². The van der Waals surface area contributed by atoms with Crippen molar-refractivity contribution in [1.82, 2.24) is 5.32 Å². The third-order valence-corrected chi connectivity index (χ3v) is 7.05. The van der Waals surface area contributed by atoms with Crippen molar-refractivity contribution in [2.24, 2.45) is 5.92 Å². The van der Waals surface area contributed by atoms with E-state index in [2.05, 4.69) is 37.4 Å². The van der Waals surface area contributed by atoms with Crippen LogP contribution in [0.3, 0.4) is 0 Å². The maximum absolute atomic E-state index is 11.9. The fourth-order valence-corrected chi connectivity index (χ4v) is 5.40. The maximum Gasteiger partial charge on any atom is 0.154 e. The first kappa shape index (κ1) is 14.1. The van der Waals surface area contributed by atoms with Gasteiger partial charge >= 0.3 is 0 Å². The van der Waals surface area contributed by atoms with E-state index in [4.69, 9.17) is 0 Å². The van der Waals surface area contributed by atoms with Gasteiger partial charge < -0.3 is 5.32 Å². The SMILES string of the molecule is Cc1ccc2c(c1)[C@H](NC[C@@H]1CCCS1(=O)=O)[C@H](C)C2. The van der Waals surface area contributed by atoms with Gasteiger partial charge in [-0.2, -0.15) is 0 Å². The Labute approximate surface area is 121 Å². The summed E-state index contributed by atoms with van der Waals surface area (Å²) in [4.78, 5) is 0. The van der Waals surface area contributed by atoms with Crippen molar-refractivity contribution in [3.63, 3.8) is 0 Å². The lowest BCUT2D eigenvalue weighted by atomic mass is 10.0. The molecule has 1 heterocycles. The highest BCUT2D eigenvalue weighted by Gasteiger charge is 2.34. The largest absolute Gasteiger partial charge is 0.308 e. The van der Waals surface area contributed by atoms with Crippen molar-refractivity contribution >= 4 is 9.84 Å². The normalized spacial score (nSPS) is 31.4. The Morgan fingerprint density at radius 2 is 2.15 bits per heavy atom. The van der Waals surface area contributed by atoms with E-state index in [1.54, 1.807) is 0 Å². The zero-order valence-corrected chi connectivity index (χ0v) is 13.0. The first-order valence-electron chi connectivity index (χ1n) is 7.52. The molecule has 1 aliphatic heterocycles. The van der Waals surface area contributed by atoms with Crippen LogP contribution < -0.4 is 5.32 Å². The molecule has 20 heavy (non-hydrogen) atoms. The number of fused-ring (bicyclic) bond motifs is 1. The highest BCUT2D eigenvalue weighted by Crippen LogP contribution is 2.36. The average Bonchev–Trinajstić information content (AvgIpc) is 2.86. The number of rotatable bonds is 3. The van der Waals surface area contributed by atoms with E-state index in [1.165, 1.54) is 16.7 Å². The van der Waals surface area contributed by atoms with E-state index in [9.17, 15) is 8.42 Å². The van der Waals surface area contributed by atoms with E-state index in [1.807, 2.05) is 0 Å². The van der Waals surface area contributed by atoms with Crippen molar-refractivity contribution in [2.75, 3.05) is 12.3 Å². The van der Waals surface area contributed by atoms with Gasteiger partial charge in [-0.1, -0.05) is 30.7 Å². The van der Waals surface area contributed by atoms with Crippen LogP contribution in [0.4, 0.5) is 0 Å². The fraction of sp³-hybridized carbons (Fsp3) is 0.625. The zero-order valence-electron chi connectivity index (χ0n) is 12.2. The quantitative estimate of drug-likeness (QED) is 0.931. The number of benzene rings is 1. The maximum atomic E-state index is 11.9. The summed E-state index contributed by atoms with van der Waals surface area (Å²) in [6.45, 7) is 4.96. The molecule has 0 unspecified atom stereocenters. The first-order valence-corrected chi connectivity index (χ1v) is 9.23. The minimum atomic E-state index is -2.84. The van der Waals surface area contributed by atoms with E-state index in [0.29, 0.717) is 24.3 Å². The van der Waals surface area contributed by atoms with Gasteiger partial charge in [0.1, 0.15) is 0 Å². The molecule has 1 fully saturated rings. The van der Waals surface area contributed by atoms with Gasteiger partial charge in [-0.25, -0.2) is 8.42 Å². The summed E-state index contributed by atoms with van der Waals surface area (Å²) >= 11 is 0. The molecule has 0 saturated carbocycles. The van der Waals surface area contributed by atoms with Crippen LogP contribution in [0, 0.1) is 12.8 Å². The van der Waals surface area contributed by atoms with Crippen molar-refractivity contribution in [2.45, 2.75) is 44.4 Å². The molecule has 0 aromatic heterocycles. The lowest BCUT2D eigenvalue weighted by Gasteiger charge is -2.21. The van der Waals surface area contributed by atoms with Gasteiger partial charge in [-0.05, 0) is 43.2 Å². The second kappa shape index (κ2) is 5.15. The van der Waals surface area contributed by atoms with Gasteiger partial charge in [0.2, 0.25) is 0 Å². The molecule has 3 rings (SSSR count). The van der Waals surface area contributed by atoms with E-state index in [-0.39, 0.29) is 5.25 Å². The van der Waals surface area contributed by atoms with Crippen LogP contribution in [-0.2, 0) is 16.3 Å². The van der Waals surface area contributed by atoms with E-state index >= 15 is 0 Å². The Morgan fingerprint density at radius 3 is 2.85 bits per heavy atom. The van der Waals surface area contributed by atoms with Gasteiger partial charge in [-0.3, -0.25) is 0 Å². The highest BCUT2D eigenvalue weighted by atomic mass is 32.2. The summed E-state index contributed by atoms with van der Waals surface area (Å²) in [7, 11) is -2.84. The topological polar surface area (TPSA) is 46.2 Å². The number of sulfone groups is 1. The molecule has 1 saturated heterocycles. The second-order valence-electron chi connectivity index (χ2n) is 6.40. The van der Waals surface area contributed by atoms with Crippen molar-refractivity contribution in [3.05, 3.63) is 34.9 Å². The highest BCUT2D eigenvalue weighted by molar-refractivity contribution is 7.92. The average molecular weight is 293 g/mol. The standard InChI is InChI=1S/C16H23NO2S/c1-11-5-6-13-9-12(2)16(15(13)8-11)17-10-14-4-3-7-20(14,18)19/h5-6,8,12,14,16-17H,3-4,7,9-10H2,1-2H3/t12-,14+,16-/m1/s1. The third-order valence-electron chi connectivity index (χ3n) is 4.78. The Morgan fingerprint density at radius 1 is 1.35 bits per heavy atom. The van der Waals surface area contributed by atoms with Crippen LogP contribution in [0.2, 0.25) is 0 Å². The molecule has 1 aliphatic carbocycles. The third kappa shape index (κ3) is 2.51. The van der Waals surface area contributed by atoms with E-state index in [0.717, 1.165) is 19.3 Å². The molecule has 1 aromatic carbocycles. The second-order valence-corrected chi connectivity index (χ2v) is 8.80. The molecule has 3 nitrogen and oxygen atoms in total. The van der Waals surface area contributed by atoms with Crippen molar-refractivity contribution in [1.29, 1.82) is 0 Å². The summed E-state index contributed by atoms with van der Waals surface area (Å²) in [6.07, 6.45) is 2.73. The van der Waals surface area contributed by atoms with Gasteiger partial charge in [0.25, 0.3) is 0 Å². The molecule has 1 N–H and O–H groups in total. The van der Waals surface area contributed by atoms with Gasteiger partial charge in [-0.15, -0.1) is 0 Å². The monoisotopic (exact) mass is 293 g/mol. The molecule has 110 valence electrons. The van der Waals surface area contributed by atoms with E-state index < -0.39 is 9.84 Å². The van der Waals surface area contributed by atoms with Crippen LogP contribution in [0.25, 0.3) is 0 Å². The number of hydrogen-bond donors (Lipinski definition) is 1. The lowest BCUT2D eigenvalue weighted by molar-refractivity contribution is 0.412. The van der Waals surface area contributed by atoms with Crippen LogP contribution in [0.5, 0.6) is 0 Å². The molecule has 2 aliphatic rings. The van der Waals surface area contributed by atoms with Crippen molar-refractivity contribution in [3.8, 4) is 0 Å². The van der Waals surface area contributed by atoms with Crippen LogP contribution in [-0.4, -0.2) is 26.0 Å². The van der Waals surface area contributed by atoms with Crippen LogP contribution in [0.1, 0.15) is 42.5 Å². The predicted molar refractivity (Wildman–Crippen MR) is 81.6 cm³/mol. The number of nitrogens with one attached hydrogen (secondary N) is 1. The summed E-state index contributed by atoms with van der Waals surface area (Å²) in [6, 6.07) is 6.94. The lowest BCUT2D eigenvalue weighted by Crippen LogP contribution is -2.34. The molecule has 1 aromatic rings. The number of hydrogen-bond acceptors (Lipinski definition) is 3. The van der Waals surface area contributed by atoms with Gasteiger partial charge in [0, 0.05) is 12.6 Å². The smallest absolute Gasteiger partial charge is 0.154 e. The minimum Gasteiger partial charge on any atom is -0.308 e. The molecule has 0 amide bonds. The van der Waals surface area contributed by atoms with Gasteiger partial charge in [0.15, 0.2) is 9.84 Å².